The molecule has 1 saturated carbocycles. The summed E-state index contributed by atoms with van der Waals surface area (Å²) in [5.41, 5.74) is 0. The Balaban J connectivity index is 0.00000220. The largest absolute Gasteiger partial charge is 0.469 e. The van der Waals surface area contributed by atoms with Crippen molar-refractivity contribution >= 4 is 29.9 Å². The summed E-state index contributed by atoms with van der Waals surface area (Å²) < 4.78 is 5.34. The summed E-state index contributed by atoms with van der Waals surface area (Å²) in [7, 11) is 0. The van der Waals surface area contributed by atoms with Crippen LogP contribution in [0.25, 0.3) is 0 Å². The Bertz CT molecular complexity index is 400. The minimum atomic E-state index is 0. The Morgan fingerprint density at radius 1 is 1.43 bits per heavy atom. The predicted molar refractivity (Wildman–Crippen MR) is 98.4 cm³/mol. The highest BCUT2D eigenvalue weighted by Gasteiger charge is 2.16. The van der Waals surface area contributed by atoms with E-state index < -0.39 is 0 Å². The van der Waals surface area contributed by atoms with Gasteiger partial charge in [-0.05, 0) is 38.3 Å². The molecule has 0 aliphatic heterocycles. The highest BCUT2D eigenvalue weighted by Crippen LogP contribution is 2.17. The topological polar surface area (TPSA) is 49.6 Å². The van der Waals surface area contributed by atoms with Gasteiger partial charge in [0.2, 0.25) is 0 Å². The Morgan fingerprint density at radius 2 is 2.19 bits per heavy atom. The first-order valence-corrected chi connectivity index (χ1v) is 7.88. The minimum Gasteiger partial charge on any atom is -0.469 e. The van der Waals surface area contributed by atoms with Crippen LogP contribution in [-0.4, -0.2) is 24.6 Å². The summed E-state index contributed by atoms with van der Waals surface area (Å²) in [5.74, 6) is 1.95. The maximum Gasteiger partial charge on any atom is 0.191 e. The van der Waals surface area contributed by atoms with Gasteiger partial charge < -0.3 is 15.1 Å². The van der Waals surface area contributed by atoms with E-state index in [0.717, 1.165) is 31.1 Å². The van der Waals surface area contributed by atoms with Crippen LogP contribution in [0.5, 0.6) is 0 Å². The molecule has 2 N–H and O–H groups in total. The standard InChI is InChI=1S/C16H27N3O.HI/c1-3-13(2)18-16(19-14-7-4-5-8-14)17-11-10-15-9-6-12-20-15;/h6,9,12-14H,3-5,7-8,10-11H2,1-2H3,(H2,17,18,19);1H. The van der Waals surface area contributed by atoms with Gasteiger partial charge in [0.1, 0.15) is 5.76 Å². The van der Waals surface area contributed by atoms with Crippen molar-refractivity contribution in [2.45, 2.75) is 64.5 Å². The van der Waals surface area contributed by atoms with Gasteiger partial charge in [0, 0.05) is 25.0 Å². The van der Waals surface area contributed by atoms with Crippen LogP contribution in [-0.2, 0) is 6.42 Å². The fourth-order valence-electron chi connectivity index (χ4n) is 2.46. The van der Waals surface area contributed by atoms with Gasteiger partial charge in [-0.25, -0.2) is 0 Å². The molecule has 1 aliphatic rings. The zero-order valence-corrected chi connectivity index (χ0v) is 15.4. The number of hydrogen-bond acceptors (Lipinski definition) is 2. The van der Waals surface area contributed by atoms with Gasteiger partial charge in [-0.3, -0.25) is 4.99 Å². The summed E-state index contributed by atoms with van der Waals surface area (Å²) in [6.45, 7) is 5.14. The molecular formula is C16H28IN3O. The number of hydrogen-bond donors (Lipinski definition) is 2. The van der Waals surface area contributed by atoms with Crippen LogP contribution in [0.4, 0.5) is 0 Å². The number of aliphatic imine (C=N–C) groups is 1. The van der Waals surface area contributed by atoms with Crippen LogP contribution in [0.2, 0.25) is 0 Å². The van der Waals surface area contributed by atoms with Gasteiger partial charge in [-0.2, -0.15) is 0 Å². The molecule has 120 valence electrons. The lowest BCUT2D eigenvalue weighted by atomic mass is 10.2. The lowest BCUT2D eigenvalue weighted by Gasteiger charge is -2.20. The lowest BCUT2D eigenvalue weighted by molar-refractivity contribution is 0.510. The van der Waals surface area contributed by atoms with Crippen molar-refractivity contribution < 1.29 is 4.42 Å². The van der Waals surface area contributed by atoms with Crippen LogP contribution >= 0.6 is 24.0 Å². The predicted octanol–water partition coefficient (Wildman–Crippen LogP) is 3.72. The number of halogens is 1. The summed E-state index contributed by atoms with van der Waals surface area (Å²) in [4.78, 5) is 4.68. The summed E-state index contributed by atoms with van der Waals surface area (Å²) in [6.07, 6.45) is 8.86. The van der Waals surface area contributed by atoms with Crippen LogP contribution in [0.1, 0.15) is 51.7 Å². The van der Waals surface area contributed by atoms with Crippen molar-refractivity contribution in [3.63, 3.8) is 0 Å². The lowest BCUT2D eigenvalue weighted by Crippen LogP contribution is -2.45. The van der Waals surface area contributed by atoms with E-state index in [1.807, 2.05) is 12.1 Å². The van der Waals surface area contributed by atoms with Crippen molar-refractivity contribution in [3.8, 4) is 0 Å². The Kier molecular flexibility index (Phi) is 8.80. The van der Waals surface area contributed by atoms with Crippen molar-refractivity contribution in [2.24, 2.45) is 4.99 Å². The molecule has 0 bridgehead atoms. The molecule has 1 heterocycles. The van der Waals surface area contributed by atoms with E-state index in [1.54, 1.807) is 6.26 Å². The third-order valence-electron chi connectivity index (χ3n) is 3.90. The fraction of sp³-hybridized carbons (Fsp3) is 0.688. The van der Waals surface area contributed by atoms with Crippen LogP contribution in [0, 0.1) is 0 Å². The quantitative estimate of drug-likeness (QED) is 0.431. The molecule has 0 aromatic carbocycles. The fourth-order valence-corrected chi connectivity index (χ4v) is 2.46. The zero-order chi connectivity index (χ0) is 14.2. The second-order valence-corrected chi connectivity index (χ2v) is 5.64. The van der Waals surface area contributed by atoms with Crippen molar-refractivity contribution in [2.75, 3.05) is 6.54 Å². The van der Waals surface area contributed by atoms with E-state index in [2.05, 4.69) is 29.5 Å². The summed E-state index contributed by atoms with van der Waals surface area (Å²) >= 11 is 0. The van der Waals surface area contributed by atoms with Crippen LogP contribution in [0.3, 0.4) is 0 Å². The number of nitrogens with one attached hydrogen (secondary N) is 2. The molecule has 1 aromatic rings. The maximum absolute atomic E-state index is 5.34. The number of nitrogens with zero attached hydrogens (tertiary/aromatic N) is 1. The average molecular weight is 405 g/mol. The molecule has 0 spiro atoms. The normalized spacial score (nSPS) is 17.3. The van der Waals surface area contributed by atoms with E-state index in [0.29, 0.717) is 12.1 Å². The van der Waals surface area contributed by atoms with Crippen LogP contribution < -0.4 is 10.6 Å². The monoisotopic (exact) mass is 405 g/mol. The molecule has 1 unspecified atom stereocenters. The highest BCUT2D eigenvalue weighted by atomic mass is 127. The third-order valence-corrected chi connectivity index (χ3v) is 3.90. The van der Waals surface area contributed by atoms with Crippen LogP contribution in [0.15, 0.2) is 27.8 Å². The Hall–Kier alpha value is -0.720. The molecule has 1 fully saturated rings. The molecule has 1 aromatic heterocycles. The first-order chi connectivity index (χ1) is 9.78. The molecule has 21 heavy (non-hydrogen) atoms. The Morgan fingerprint density at radius 3 is 2.81 bits per heavy atom. The summed E-state index contributed by atoms with van der Waals surface area (Å²) in [5, 5.41) is 7.05. The second kappa shape index (κ2) is 10.1. The molecule has 1 atom stereocenters. The smallest absolute Gasteiger partial charge is 0.191 e. The number of guanidine groups is 1. The minimum absolute atomic E-state index is 0. The third kappa shape index (κ3) is 6.72. The number of rotatable bonds is 6. The average Bonchev–Trinajstić information content (AvgIpc) is 3.11. The SMILES string of the molecule is CCC(C)NC(=NCCc1ccco1)NC1CCCC1.I. The molecule has 2 rings (SSSR count). The van der Waals surface area contributed by atoms with Gasteiger partial charge in [0.05, 0.1) is 6.26 Å². The van der Waals surface area contributed by atoms with E-state index in [1.165, 1.54) is 25.7 Å². The molecular weight excluding hydrogens is 377 g/mol. The second-order valence-electron chi connectivity index (χ2n) is 5.64. The van der Waals surface area contributed by atoms with Gasteiger partial charge in [0.15, 0.2) is 5.96 Å². The molecule has 1 aliphatic carbocycles. The van der Waals surface area contributed by atoms with E-state index >= 15 is 0 Å². The van der Waals surface area contributed by atoms with Gasteiger partial charge >= 0.3 is 0 Å². The molecule has 0 saturated heterocycles. The highest BCUT2D eigenvalue weighted by molar-refractivity contribution is 14.0. The Labute approximate surface area is 145 Å². The molecule has 5 heteroatoms. The zero-order valence-electron chi connectivity index (χ0n) is 13.1. The van der Waals surface area contributed by atoms with Gasteiger partial charge in [-0.1, -0.05) is 19.8 Å². The first-order valence-electron chi connectivity index (χ1n) is 7.88. The van der Waals surface area contributed by atoms with E-state index in [-0.39, 0.29) is 24.0 Å². The molecule has 4 nitrogen and oxygen atoms in total. The maximum atomic E-state index is 5.34. The van der Waals surface area contributed by atoms with E-state index in [9.17, 15) is 0 Å². The first kappa shape index (κ1) is 18.3. The van der Waals surface area contributed by atoms with Crippen molar-refractivity contribution in [1.29, 1.82) is 0 Å². The van der Waals surface area contributed by atoms with Gasteiger partial charge in [0.25, 0.3) is 0 Å². The molecule has 0 radical (unpaired) electrons. The van der Waals surface area contributed by atoms with E-state index in [4.69, 9.17) is 4.42 Å². The van der Waals surface area contributed by atoms with Crippen molar-refractivity contribution in [1.82, 2.24) is 10.6 Å². The van der Waals surface area contributed by atoms with Crippen molar-refractivity contribution in [3.05, 3.63) is 24.2 Å². The van der Waals surface area contributed by atoms with Gasteiger partial charge in [-0.15, -0.1) is 24.0 Å². The number of furan rings is 1. The molecule has 0 amide bonds. The summed E-state index contributed by atoms with van der Waals surface area (Å²) in [6, 6.07) is 4.97.